The maximum Gasteiger partial charge on any atom is 0.573 e. The number of methoxy groups -OCH3 is 1. The lowest BCUT2D eigenvalue weighted by Crippen LogP contribution is -2.36. The van der Waals surface area contributed by atoms with Crippen LogP contribution in [0.1, 0.15) is 99.4 Å². The number of aryl methyl sites for hydroxylation is 1. The number of rotatable bonds is 8. The normalized spacial score (nSPS) is 18.2. The van der Waals surface area contributed by atoms with Crippen molar-refractivity contribution in [1.82, 2.24) is 14.5 Å². The molecule has 3 aromatic rings. The van der Waals surface area contributed by atoms with Crippen molar-refractivity contribution < 1.29 is 37.0 Å². The summed E-state index contributed by atoms with van der Waals surface area (Å²) in [5, 5.41) is 0.00220. The summed E-state index contributed by atoms with van der Waals surface area (Å²) < 4.78 is 57.8. The summed E-state index contributed by atoms with van der Waals surface area (Å²) in [5.74, 6) is -1.57. The highest BCUT2D eigenvalue weighted by Crippen LogP contribution is 2.41. The standard InChI is InChI=1S/C34H38ClF3N4O5/c1-21-20-40-32-26(15-16-28(43)46-31(33(44)45-2)22-12-8-6-4-3-5-7-9-13-22)41-29(25-14-10-11-17-39-25)24-18-23(35)19-27(30(24)42(21)32)47-34(36,37)38/h10-11,14,17-20,22,26,31H,3-9,12-13,15-16H2,1-2H3/t26-,31?/m0/s1. The Morgan fingerprint density at radius 2 is 1.74 bits per heavy atom. The summed E-state index contributed by atoms with van der Waals surface area (Å²) in [6.45, 7) is 1.70. The van der Waals surface area contributed by atoms with Crippen LogP contribution in [0, 0.1) is 12.8 Å². The van der Waals surface area contributed by atoms with Gasteiger partial charge in [0.15, 0.2) is 5.75 Å². The number of imidazole rings is 1. The highest BCUT2D eigenvalue weighted by atomic mass is 35.5. The highest BCUT2D eigenvalue weighted by Gasteiger charge is 2.37. The van der Waals surface area contributed by atoms with E-state index in [1.807, 2.05) is 0 Å². The summed E-state index contributed by atoms with van der Waals surface area (Å²) in [4.78, 5) is 40.1. The summed E-state index contributed by atoms with van der Waals surface area (Å²) in [6.07, 6.45) is 6.00. The molecule has 47 heavy (non-hydrogen) atoms. The maximum atomic E-state index is 13.6. The molecule has 5 rings (SSSR count). The molecule has 1 fully saturated rings. The van der Waals surface area contributed by atoms with Gasteiger partial charge in [0.2, 0.25) is 6.10 Å². The number of hydrogen-bond donors (Lipinski definition) is 0. The van der Waals surface area contributed by atoms with Crippen molar-refractivity contribution in [3.63, 3.8) is 0 Å². The van der Waals surface area contributed by atoms with Gasteiger partial charge in [-0.2, -0.15) is 0 Å². The summed E-state index contributed by atoms with van der Waals surface area (Å²) >= 11 is 6.34. The van der Waals surface area contributed by atoms with Crippen molar-refractivity contribution in [3.05, 3.63) is 70.5 Å². The molecule has 0 amide bonds. The number of benzene rings is 1. The number of esters is 2. The summed E-state index contributed by atoms with van der Waals surface area (Å²) in [6, 6.07) is 6.92. The fourth-order valence-corrected chi connectivity index (χ4v) is 6.61. The number of fused-ring (bicyclic) bond motifs is 3. The van der Waals surface area contributed by atoms with Gasteiger partial charge >= 0.3 is 18.3 Å². The van der Waals surface area contributed by atoms with Crippen LogP contribution in [0.4, 0.5) is 13.2 Å². The van der Waals surface area contributed by atoms with Gasteiger partial charge in [-0.05, 0) is 44.4 Å². The first-order valence-electron chi connectivity index (χ1n) is 16.0. The Kier molecular flexibility index (Phi) is 11.2. The maximum absolute atomic E-state index is 13.6. The van der Waals surface area contributed by atoms with Gasteiger partial charge in [0.1, 0.15) is 11.9 Å². The van der Waals surface area contributed by atoms with Gasteiger partial charge in [-0.25, -0.2) is 9.78 Å². The quantitative estimate of drug-likeness (QED) is 0.223. The number of alkyl halides is 3. The molecule has 13 heteroatoms. The molecule has 9 nitrogen and oxygen atoms in total. The van der Waals surface area contributed by atoms with E-state index in [9.17, 15) is 22.8 Å². The van der Waals surface area contributed by atoms with E-state index < -0.39 is 36.2 Å². The molecule has 0 N–H and O–H groups in total. The van der Waals surface area contributed by atoms with Crippen molar-refractivity contribution in [2.75, 3.05) is 7.11 Å². The molecule has 2 atom stereocenters. The van der Waals surface area contributed by atoms with Crippen molar-refractivity contribution in [1.29, 1.82) is 0 Å². The van der Waals surface area contributed by atoms with Crippen LogP contribution < -0.4 is 4.74 Å². The Balaban J connectivity index is 1.47. The van der Waals surface area contributed by atoms with Crippen molar-refractivity contribution in [2.24, 2.45) is 10.9 Å². The minimum absolute atomic E-state index is 0.00220. The zero-order valence-electron chi connectivity index (χ0n) is 26.4. The van der Waals surface area contributed by atoms with E-state index in [-0.39, 0.29) is 40.7 Å². The van der Waals surface area contributed by atoms with Crippen molar-refractivity contribution in [2.45, 2.75) is 96.1 Å². The van der Waals surface area contributed by atoms with Crippen molar-refractivity contribution >= 4 is 29.3 Å². The Morgan fingerprint density at radius 1 is 1.04 bits per heavy atom. The zero-order valence-corrected chi connectivity index (χ0v) is 27.1. The molecular formula is C34H38ClF3N4O5. The lowest BCUT2D eigenvalue weighted by atomic mass is 9.88. The molecule has 2 aliphatic rings. The Bertz CT molecular complexity index is 1580. The number of carbonyl (C=O) groups is 2. The SMILES string of the molecule is COC(=O)C(OC(=O)CC[C@@H]1N=C(c2ccccn2)c2cc(Cl)cc(OC(F)(F)F)c2-n2c(C)cnc21)C1CCCCCCCCC1. The second kappa shape index (κ2) is 15.3. The zero-order chi connectivity index (χ0) is 33.6. The minimum atomic E-state index is -5.00. The number of nitrogens with zero attached hydrogens (tertiary/aromatic N) is 4. The number of aromatic nitrogens is 3. The number of pyridine rings is 1. The number of carbonyl (C=O) groups excluding carboxylic acids is 2. The fraction of sp³-hybridized carbons (Fsp3) is 0.500. The molecule has 1 aliphatic carbocycles. The van der Waals surface area contributed by atoms with Gasteiger partial charge in [0.05, 0.1) is 24.2 Å². The predicted molar refractivity (Wildman–Crippen MR) is 169 cm³/mol. The number of ether oxygens (including phenoxy) is 3. The molecule has 2 aromatic heterocycles. The minimum Gasteiger partial charge on any atom is -0.466 e. The average Bonchev–Trinajstić information content (AvgIpc) is 3.35. The van der Waals surface area contributed by atoms with E-state index in [1.165, 1.54) is 25.8 Å². The van der Waals surface area contributed by atoms with Gasteiger partial charge in [0, 0.05) is 47.1 Å². The lowest BCUT2D eigenvalue weighted by Gasteiger charge is -2.26. The van der Waals surface area contributed by atoms with Gasteiger partial charge in [0.25, 0.3) is 0 Å². The molecule has 1 aliphatic heterocycles. The van der Waals surface area contributed by atoms with Gasteiger partial charge in [-0.15, -0.1) is 13.2 Å². The van der Waals surface area contributed by atoms with Gasteiger partial charge in [-0.3, -0.25) is 19.3 Å². The van der Waals surface area contributed by atoms with Crippen LogP contribution >= 0.6 is 11.6 Å². The molecule has 0 spiro atoms. The number of halogens is 4. The first-order valence-corrected chi connectivity index (χ1v) is 16.3. The molecular weight excluding hydrogens is 637 g/mol. The third-order valence-electron chi connectivity index (χ3n) is 8.59. The predicted octanol–water partition coefficient (Wildman–Crippen LogP) is 8.03. The van der Waals surface area contributed by atoms with E-state index in [4.69, 9.17) is 26.1 Å². The lowest BCUT2D eigenvalue weighted by molar-refractivity contribution is -0.274. The van der Waals surface area contributed by atoms with Crippen LogP contribution in [0.2, 0.25) is 5.02 Å². The second-order valence-electron chi connectivity index (χ2n) is 11.9. The van der Waals surface area contributed by atoms with E-state index >= 15 is 0 Å². The van der Waals surface area contributed by atoms with E-state index in [2.05, 4.69) is 14.7 Å². The molecule has 1 saturated carbocycles. The molecule has 252 valence electrons. The fourth-order valence-electron chi connectivity index (χ4n) is 6.41. The Hall–Kier alpha value is -3.93. The molecule has 0 saturated heterocycles. The summed E-state index contributed by atoms with van der Waals surface area (Å²) in [5.41, 5.74) is 1.46. The second-order valence-corrected chi connectivity index (χ2v) is 12.4. The van der Waals surface area contributed by atoms with Gasteiger partial charge < -0.3 is 14.2 Å². The molecule has 1 unspecified atom stereocenters. The van der Waals surface area contributed by atoms with Crippen LogP contribution in [0.3, 0.4) is 0 Å². The topological polar surface area (TPSA) is 105 Å². The molecule has 0 bridgehead atoms. The van der Waals surface area contributed by atoms with Crippen LogP contribution in [-0.4, -0.2) is 51.8 Å². The third-order valence-corrected chi connectivity index (χ3v) is 8.81. The molecule has 1 aromatic carbocycles. The third kappa shape index (κ3) is 8.51. The number of hydrogen-bond acceptors (Lipinski definition) is 8. The average molecular weight is 675 g/mol. The largest absolute Gasteiger partial charge is 0.573 e. The van der Waals surface area contributed by atoms with E-state index in [1.54, 1.807) is 35.9 Å². The summed E-state index contributed by atoms with van der Waals surface area (Å²) in [7, 11) is 1.28. The van der Waals surface area contributed by atoms with Crippen LogP contribution in [0.15, 0.2) is 47.7 Å². The molecule has 0 radical (unpaired) electrons. The highest BCUT2D eigenvalue weighted by molar-refractivity contribution is 6.31. The first-order chi connectivity index (χ1) is 22.6. The van der Waals surface area contributed by atoms with Crippen molar-refractivity contribution in [3.8, 4) is 11.4 Å². The Morgan fingerprint density at radius 3 is 2.38 bits per heavy atom. The van der Waals surface area contributed by atoms with Gasteiger partial charge in [-0.1, -0.05) is 62.6 Å². The number of aliphatic imine (C=N–C) groups is 1. The monoisotopic (exact) mass is 674 g/mol. The van der Waals surface area contributed by atoms with E-state index in [0.717, 1.165) is 57.4 Å². The molecule has 3 heterocycles. The first kappa shape index (κ1) is 34.4. The van der Waals surface area contributed by atoms with Crippen LogP contribution in [0.25, 0.3) is 5.69 Å². The smallest absolute Gasteiger partial charge is 0.466 e. The van der Waals surface area contributed by atoms with Crippen LogP contribution in [0.5, 0.6) is 5.75 Å². The van der Waals surface area contributed by atoms with Crippen LogP contribution in [-0.2, 0) is 19.1 Å². The Labute approximate surface area is 276 Å². The van der Waals surface area contributed by atoms with E-state index in [0.29, 0.717) is 17.2 Å².